The van der Waals surface area contributed by atoms with Gasteiger partial charge in [-0.3, -0.25) is 0 Å². The average molecular weight is 461 g/mol. The fourth-order valence-electron chi connectivity index (χ4n) is 5.71. The van der Waals surface area contributed by atoms with Crippen LogP contribution >= 0.6 is 7.14 Å². The second-order valence-corrected chi connectivity index (χ2v) is 13.1. The van der Waals surface area contributed by atoms with Gasteiger partial charge < -0.3 is 4.57 Å². The van der Waals surface area contributed by atoms with Crippen LogP contribution in [0.15, 0.2) is 102 Å². The van der Waals surface area contributed by atoms with Gasteiger partial charge in [0.15, 0.2) is 0 Å². The molecule has 0 saturated carbocycles. The molecule has 0 spiro atoms. The highest BCUT2D eigenvalue weighted by Gasteiger charge is 2.23. The van der Waals surface area contributed by atoms with E-state index in [0.717, 1.165) is 18.1 Å². The number of rotatable bonds is 3. The zero-order valence-electron chi connectivity index (χ0n) is 19.8. The molecule has 0 radical (unpaired) electrons. The molecular weight excluding hydrogens is 431 g/mol. The zero-order chi connectivity index (χ0) is 23.3. The van der Waals surface area contributed by atoms with Crippen LogP contribution < -0.4 is 5.30 Å². The summed E-state index contributed by atoms with van der Waals surface area (Å²) in [5.41, 5.74) is 8.23. The Morgan fingerprint density at radius 3 is 1.82 bits per heavy atom. The summed E-state index contributed by atoms with van der Waals surface area (Å²) >= 11 is 0. The summed E-state index contributed by atoms with van der Waals surface area (Å²) in [6, 6.07) is 26.1. The van der Waals surface area contributed by atoms with E-state index in [4.69, 9.17) is 0 Å². The molecule has 0 saturated heterocycles. The summed E-state index contributed by atoms with van der Waals surface area (Å²) in [7, 11) is -2.29. The molecule has 0 N–H and O–H groups in total. The summed E-state index contributed by atoms with van der Waals surface area (Å²) in [5, 5.41) is 6.08. The first-order valence-corrected chi connectivity index (χ1v) is 14.8. The number of allylic oxidation sites excluding steroid dienone is 6. The van der Waals surface area contributed by atoms with Crippen molar-refractivity contribution in [3.05, 3.63) is 108 Å². The van der Waals surface area contributed by atoms with E-state index >= 15 is 0 Å². The number of hydrogen-bond acceptors (Lipinski definition) is 1. The molecule has 0 heterocycles. The highest BCUT2D eigenvalue weighted by atomic mass is 31.2. The van der Waals surface area contributed by atoms with Gasteiger partial charge >= 0.3 is 0 Å². The molecule has 2 aliphatic carbocycles. The second-order valence-electron chi connectivity index (χ2n) is 9.85. The van der Waals surface area contributed by atoms with Gasteiger partial charge in [-0.25, -0.2) is 0 Å². The third kappa shape index (κ3) is 3.51. The number of fused-ring (bicyclic) bond motifs is 2. The van der Waals surface area contributed by atoms with E-state index in [1.807, 2.05) is 25.5 Å². The van der Waals surface area contributed by atoms with E-state index in [2.05, 4.69) is 78.9 Å². The van der Waals surface area contributed by atoms with Crippen molar-refractivity contribution in [1.82, 2.24) is 0 Å². The van der Waals surface area contributed by atoms with Crippen LogP contribution in [0.25, 0.3) is 38.2 Å². The fraction of sp³-hybridized carbons (Fsp3) is 0.188. The molecule has 0 aromatic heterocycles. The molecule has 0 fully saturated rings. The van der Waals surface area contributed by atoms with Crippen molar-refractivity contribution in [1.29, 1.82) is 0 Å². The Labute approximate surface area is 201 Å². The predicted molar refractivity (Wildman–Crippen MR) is 149 cm³/mol. The Bertz CT molecular complexity index is 1510. The monoisotopic (exact) mass is 460 g/mol. The molecule has 4 aromatic rings. The van der Waals surface area contributed by atoms with E-state index in [1.165, 1.54) is 62.2 Å². The van der Waals surface area contributed by atoms with Gasteiger partial charge in [0.2, 0.25) is 0 Å². The lowest BCUT2D eigenvalue weighted by Crippen LogP contribution is -2.04. The maximum atomic E-state index is 12.6. The normalized spacial score (nSPS) is 16.1. The van der Waals surface area contributed by atoms with Crippen LogP contribution in [0.1, 0.15) is 31.2 Å². The SMILES string of the molecule is CP(C)(=O)c1ccc(-c2c3ccccc3c(C3=CCCC4=C3C=CCC4)c3ccccc23)cc1. The molecule has 34 heavy (non-hydrogen) atoms. The Morgan fingerprint density at radius 2 is 1.24 bits per heavy atom. The smallest absolute Gasteiger partial charge is 0.109 e. The van der Waals surface area contributed by atoms with Crippen molar-refractivity contribution >= 4 is 39.6 Å². The third-order valence-electron chi connectivity index (χ3n) is 7.34. The lowest BCUT2D eigenvalue weighted by atomic mass is 9.78. The van der Waals surface area contributed by atoms with E-state index in [0.29, 0.717) is 0 Å². The van der Waals surface area contributed by atoms with Crippen LogP contribution in [-0.2, 0) is 4.57 Å². The zero-order valence-corrected chi connectivity index (χ0v) is 20.7. The summed E-state index contributed by atoms with van der Waals surface area (Å²) in [6.07, 6.45) is 11.8. The third-order valence-corrected chi connectivity index (χ3v) is 8.88. The molecule has 168 valence electrons. The highest BCUT2D eigenvalue weighted by molar-refractivity contribution is 7.70. The maximum absolute atomic E-state index is 12.6. The molecule has 2 aliphatic rings. The summed E-state index contributed by atoms with van der Waals surface area (Å²) in [4.78, 5) is 0. The Hall–Kier alpha value is -3.15. The lowest BCUT2D eigenvalue weighted by Gasteiger charge is -2.26. The molecule has 1 nitrogen and oxygen atoms in total. The van der Waals surface area contributed by atoms with E-state index in [1.54, 1.807) is 5.57 Å². The highest BCUT2D eigenvalue weighted by Crippen LogP contribution is 2.46. The summed E-state index contributed by atoms with van der Waals surface area (Å²) in [5.74, 6) is 0. The number of hydrogen-bond donors (Lipinski definition) is 0. The topological polar surface area (TPSA) is 17.1 Å². The molecule has 0 amide bonds. The predicted octanol–water partition coefficient (Wildman–Crippen LogP) is 8.73. The van der Waals surface area contributed by atoms with E-state index in [9.17, 15) is 4.57 Å². The van der Waals surface area contributed by atoms with E-state index in [-0.39, 0.29) is 0 Å². The first-order valence-electron chi connectivity index (χ1n) is 12.2. The minimum Gasteiger partial charge on any atom is -0.319 e. The molecule has 0 unspecified atom stereocenters. The largest absolute Gasteiger partial charge is 0.319 e. The van der Waals surface area contributed by atoms with Crippen LogP contribution in [0.4, 0.5) is 0 Å². The van der Waals surface area contributed by atoms with Gasteiger partial charge in [0.1, 0.15) is 7.14 Å². The van der Waals surface area contributed by atoms with Crippen molar-refractivity contribution in [2.75, 3.05) is 13.3 Å². The molecule has 0 aliphatic heterocycles. The molecule has 4 aromatic carbocycles. The molecule has 2 heteroatoms. The van der Waals surface area contributed by atoms with Crippen molar-refractivity contribution < 1.29 is 4.57 Å². The minimum absolute atomic E-state index is 0.928. The van der Waals surface area contributed by atoms with Crippen LogP contribution in [-0.4, -0.2) is 13.3 Å². The van der Waals surface area contributed by atoms with E-state index < -0.39 is 7.14 Å². The Balaban J connectivity index is 1.67. The first kappa shape index (κ1) is 21.4. The van der Waals surface area contributed by atoms with Crippen LogP contribution in [0.2, 0.25) is 0 Å². The van der Waals surface area contributed by atoms with Crippen molar-refractivity contribution in [2.24, 2.45) is 0 Å². The molecule has 0 bridgehead atoms. The van der Waals surface area contributed by atoms with Gasteiger partial charge in [0.25, 0.3) is 0 Å². The van der Waals surface area contributed by atoms with Crippen LogP contribution in [0.3, 0.4) is 0 Å². The van der Waals surface area contributed by atoms with Gasteiger partial charge in [-0.15, -0.1) is 0 Å². The van der Waals surface area contributed by atoms with Gasteiger partial charge in [0.05, 0.1) is 0 Å². The minimum atomic E-state index is -2.29. The average Bonchev–Trinajstić information content (AvgIpc) is 2.86. The quantitative estimate of drug-likeness (QED) is 0.221. The van der Waals surface area contributed by atoms with Crippen LogP contribution in [0, 0.1) is 0 Å². The fourth-order valence-corrected chi connectivity index (χ4v) is 6.57. The van der Waals surface area contributed by atoms with Gasteiger partial charge in [-0.1, -0.05) is 96.6 Å². The molecule has 6 rings (SSSR count). The summed E-state index contributed by atoms with van der Waals surface area (Å²) < 4.78 is 12.6. The van der Waals surface area contributed by atoms with Crippen molar-refractivity contribution in [2.45, 2.75) is 25.7 Å². The second kappa shape index (κ2) is 8.26. The Kier molecular flexibility index (Phi) is 5.19. The van der Waals surface area contributed by atoms with Gasteiger partial charge in [-0.05, 0) is 88.4 Å². The summed E-state index contributed by atoms with van der Waals surface area (Å²) in [6.45, 7) is 3.67. The first-order chi connectivity index (χ1) is 16.5. The Morgan fingerprint density at radius 1 is 0.676 bits per heavy atom. The van der Waals surface area contributed by atoms with Gasteiger partial charge in [-0.2, -0.15) is 0 Å². The lowest BCUT2D eigenvalue weighted by molar-refractivity contribution is 0.588. The van der Waals surface area contributed by atoms with Crippen molar-refractivity contribution in [3.8, 4) is 11.1 Å². The molecule has 0 atom stereocenters. The number of benzene rings is 4. The van der Waals surface area contributed by atoms with Gasteiger partial charge in [0, 0.05) is 5.30 Å². The standard InChI is InChI=1S/C32H29OP/c1-34(2,33)24-20-18-23(19-21-24)31-27-13-5-7-15-29(27)32(30-16-8-6-14-28(30)31)26-17-9-11-22-10-3-4-12-25(22)26/h4-8,12-21H,3,9-11H2,1-2H3. The maximum Gasteiger partial charge on any atom is 0.109 e. The van der Waals surface area contributed by atoms with Crippen molar-refractivity contribution in [3.63, 3.8) is 0 Å². The molecular formula is C32H29OP. The van der Waals surface area contributed by atoms with Crippen LogP contribution in [0.5, 0.6) is 0 Å².